The van der Waals surface area contributed by atoms with E-state index < -0.39 is 24.3 Å². The fourth-order valence-electron chi connectivity index (χ4n) is 11.8. The average Bonchev–Trinajstić information content (AvgIpc) is 3.27. The van der Waals surface area contributed by atoms with E-state index in [0.717, 1.165) is 96.3 Å². The van der Waals surface area contributed by atoms with Gasteiger partial charge in [-0.1, -0.05) is 386 Å². The summed E-state index contributed by atoms with van der Waals surface area (Å²) in [6.45, 7) is 4.69. The van der Waals surface area contributed by atoms with Crippen LogP contribution in [0.25, 0.3) is 0 Å². The number of aliphatic carboxylic acids is 1. The van der Waals surface area contributed by atoms with Crippen molar-refractivity contribution in [1.82, 2.24) is 0 Å². The van der Waals surface area contributed by atoms with Crippen molar-refractivity contribution in [1.29, 1.82) is 0 Å². The number of hydrogen-bond acceptors (Lipinski definition) is 8. The van der Waals surface area contributed by atoms with Gasteiger partial charge in [0.2, 0.25) is 0 Å². The Labute approximate surface area is 600 Å². The predicted molar refractivity (Wildman–Crippen MR) is 417 cm³/mol. The van der Waals surface area contributed by atoms with Crippen molar-refractivity contribution in [3.8, 4) is 0 Å². The molecule has 0 fully saturated rings. The summed E-state index contributed by atoms with van der Waals surface area (Å²) in [5.74, 6) is -2.27. The van der Waals surface area contributed by atoms with Gasteiger partial charge >= 0.3 is 11.9 Å². The maximum atomic E-state index is 13.0. The van der Waals surface area contributed by atoms with E-state index in [0.29, 0.717) is 23.9 Å². The molecule has 0 aromatic heterocycles. The molecular weight excluding hydrogens is 1200 g/mol. The Morgan fingerprint density at radius 2 is 0.588 bits per heavy atom. The minimum Gasteiger partial charge on any atom is -0.545 e. The molecule has 0 rings (SSSR count). The Kier molecular flexibility index (Phi) is 74.4. The minimum atomic E-state index is -1.63. The molecule has 2 atom stereocenters. The van der Waals surface area contributed by atoms with Crippen LogP contribution in [-0.4, -0.2) is 82.3 Å². The summed E-state index contributed by atoms with van der Waals surface area (Å²) >= 11 is 0. The van der Waals surface area contributed by atoms with E-state index in [2.05, 4.69) is 123 Å². The lowest BCUT2D eigenvalue weighted by Crippen LogP contribution is -2.44. The summed E-state index contributed by atoms with van der Waals surface area (Å²) in [5.41, 5.74) is 0. The highest BCUT2D eigenvalue weighted by Gasteiger charge is 2.22. The molecule has 0 amide bonds. The first-order chi connectivity index (χ1) is 47.6. The second-order valence-corrected chi connectivity index (χ2v) is 28.7. The molecule has 2 unspecified atom stereocenters. The topological polar surface area (TPSA) is 111 Å². The zero-order chi connectivity index (χ0) is 70.4. The molecule has 97 heavy (non-hydrogen) atoms. The molecule has 0 N–H and O–H groups in total. The molecule has 9 nitrogen and oxygen atoms in total. The van der Waals surface area contributed by atoms with Gasteiger partial charge in [0, 0.05) is 12.8 Å². The third-order valence-electron chi connectivity index (χ3n) is 18.0. The number of nitrogens with zero attached hydrogens (tertiary/aromatic N) is 1. The van der Waals surface area contributed by atoms with Gasteiger partial charge in [-0.25, -0.2) is 0 Å². The van der Waals surface area contributed by atoms with E-state index in [1.165, 1.54) is 244 Å². The molecule has 0 saturated heterocycles. The Bertz CT molecular complexity index is 1970. The molecule has 9 heteroatoms. The number of rotatable bonds is 76. The van der Waals surface area contributed by atoms with Crippen LogP contribution in [-0.2, 0) is 33.3 Å². The number of carboxylic acid groups (broad SMARTS) is 1. The number of carbonyl (C=O) groups excluding carboxylic acids is 3. The maximum Gasteiger partial charge on any atom is 0.306 e. The van der Waals surface area contributed by atoms with Crippen LogP contribution in [0, 0.1) is 0 Å². The van der Waals surface area contributed by atoms with Crippen LogP contribution < -0.4 is 5.11 Å². The first-order valence-corrected chi connectivity index (χ1v) is 41.0. The Morgan fingerprint density at radius 1 is 0.320 bits per heavy atom. The number of allylic oxidation sites excluding steroid dienone is 18. The highest BCUT2D eigenvalue weighted by atomic mass is 16.7. The molecule has 0 aliphatic carbocycles. The molecule has 0 radical (unpaired) electrons. The van der Waals surface area contributed by atoms with Gasteiger partial charge in [-0.15, -0.1) is 0 Å². The Balaban J connectivity index is 4.03. The minimum absolute atomic E-state index is 0.146. The van der Waals surface area contributed by atoms with E-state index >= 15 is 0 Å². The lowest BCUT2D eigenvalue weighted by atomic mass is 10.0. The molecule has 0 saturated carbocycles. The van der Waals surface area contributed by atoms with Crippen LogP contribution in [0.4, 0.5) is 0 Å². The van der Waals surface area contributed by atoms with Crippen LogP contribution in [0.2, 0.25) is 0 Å². The third kappa shape index (κ3) is 79.2. The SMILES string of the molecule is CC/C=C\C/C=C\C/C=C\C/C=C\C/C=C\C/C=C\C/C=C\C/C=C\C/C=C\CCCCCCCCCCCCCCCC(=O)OC(COC(=O)CCCCCCCCCCCCCCCCCCCCCCCCCCCCCCCCC)COC(OCC[N+](C)(C)C)C(=O)[O-]. The van der Waals surface area contributed by atoms with E-state index in [1.807, 2.05) is 21.1 Å². The molecular formula is C88H155NO8. The molecule has 0 spiro atoms. The van der Waals surface area contributed by atoms with Gasteiger partial charge in [-0.05, 0) is 83.5 Å². The summed E-state index contributed by atoms with van der Waals surface area (Å²) in [6.07, 6.45) is 106. The summed E-state index contributed by atoms with van der Waals surface area (Å²) in [6, 6.07) is 0. The fraction of sp³-hybridized carbons (Fsp3) is 0.761. The van der Waals surface area contributed by atoms with Crippen molar-refractivity contribution in [2.24, 2.45) is 0 Å². The van der Waals surface area contributed by atoms with E-state index in [-0.39, 0.29) is 32.2 Å². The Hall–Kier alpha value is -4.05. The van der Waals surface area contributed by atoms with Crippen LogP contribution >= 0.6 is 0 Å². The lowest BCUT2D eigenvalue weighted by molar-refractivity contribution is -0.870. The van der Waals surface area contributed by atoms with Crippen LogP contribution in [0.3, 0.4) is 0 Å². The monoisotopic (exact) mass is 1350 g/mol. The molecule has 560 valence electrons. The average molecular weight is 1360 g/mol. The Morgan fingerprint density at radius 3 is 0.876 bits per heavy atom. The number of carbonyl (C=O) groups is 3. The molecule has 0 aliphatic rings. The van der Waals surface area contributed by atoms with Crippen molar-refractivity contribution in [2.75, 3.05) is 47.5 Å². The van der Waals surface area contributed by atoms with Gasteiger partial charge in [0.1, 0.15) is 13.2 Å². The van der Waals surface area contributed by atoms with Gasteiger partial charge in [0.15, 0.2) is 12.4 Å². The molecule has 0 aromatic carbocycles. The second kappa shape index (κ2) is 77.7. The molecule has 0 aliphatic heterocycles. The van der Waals surface area contributed by atoms with Crippen LogP contribution in [0.1, 0.15) is 373 Å². The zero-order valence-electron chi connectivity index (χ0n) is 64.2. The summed E-state index contributed by atoms with van der Waals surface area (Å²) in [5, 5.41) is 11.9. The number of unbranched alkanes of at least 4 members (excludes halogenated alkanes) is 43. The van der Waals surface area contributed by atoms with Crippen molar-refractivity contribution in [3.63, 3.8) is 0 Å². The zero-order valence-corrected chi connectivity index (χ0v) is 64.2. The standard InChI is InChI=1S/C88H155NO8/c1-6-8-10-12-14-16-18-20-22-24-26-28-30-32-34-36-38-39-40-41-42-43-44-45-46-47-49-51-53-55-57-59-61-63-65-67-69-71-73-75-77-79-86(91)97-84(83-96-88(87(92)93)94-81-80-89(3,4)5)82-95-85(90)78-76-74-72-70-68-66-64-62-60-58-56-54-52-50-48-37-35-33-31-29-27-25-23-21-19-17-15-13-11-9-7-2/h8,10,14,16,20,22,26,28,32,34,38-39,41-42,44-45,47,49,84,88H,6-7,9,11-13,15,17-19,21,23-25,27,29-31,33,35-37,40,43,46,48,50-83H2,1-5H3/b10-8-,16-14-,22-20-,28-26-,34-32-,39-38-,42-41-,45-44-,49-47-. The quantitative estimate of drug-likeness (QED) is 0.0195. The van der Waals surface area contributed by atoms with Gasteiger partial charge < -0.3 is 33.3 Å². The van der Waals surface area contributed by atoms with Crippen LogP contribution in [0.5, 0.6) is 0 Å². The number of esters is 2. The lowest BCUT2D eigenvalue weighted by Gasteiger charge is -2.26. The maximum absolute atomic E-state index is 13.0. The first kappa shape index (κ1) is 93.0. The highest BCUT2D eigenvalue weighted by molar-refractivity contribution is 5.70. The van der Waals surface area contributed by atoms with Crippen molar-refractivity contribution < 1.29 is 42.9 Å². The number of likely N-dealkylation sites (N-methyl/N-ethyl adjacent to an activating group) is 1. The second-order valence-electron chi connectivity index (χ2n) is 28.7. The predicted octanol–water partition coefficient (Wildman–Crippen LogP) is 25.1. The van der Waals surface area contributed by atoms with Crippen LogP contribution in [0.15, 0.2) is 109 Å². The van der Waals surface area contributed by atoms with E-state index in [4.69, 9.17) is 18.9 Å². The first-order valence-electron chi connectivity index (χ1n) is 41.0. The normalized spacial score (nSPS) is 13.2. The fourth-order valence-corrected chi connectivity index (χ4v) is 11.8. The van der Waals surface area contributed by atoms with E-state index in [1.54, 1.807) is 0 Å². The van der Waals surface area contributed by atoms with Gasteiger partial charge in [-0.3, -0.25) is 9.59 Å². The summed E-state index contributed by atoms with van der Waals surface area (Å²) in [7, 11) is 5.94. The van der Waals surface area contributed by atoms with Crippen molar-refractivity contribution in [2.45, 2.75) is 386 Å². The third-order valence-corrected chi connectivity index (χ3v) is 18.0. The summed E-state index contributed by atoms with van der Waals surface area (Å²) < 4.78 is 22.9. The molecule has 0 heterocycles. The van der Waals surface area contributed by atoms with Gasteiger partial charge in [0.05, 0.1) is 40.3 Å². The van der Waals surface area contributed by atoms with Crippen molar-refractivity contribution in [3.05, 3.63) is 109 Å². The molecule has 0 aromatic rings. The molecule has 0 bridgehead atoms. The number of hydrogen-bond donors (Lipinski definition) is 0. The largest absolute Gasteiger partial charge is 0.545 e. The smallest absolute Gasteiger partial charge is 0.306 e. The van der Waals surface area contributed by atoms with Gasteiger partial charge in [-0.2, -0.15) is 0 Å². The van der Waals surface area contributed by atoms with Crippen molar-refractivity contribution >= 4 is 17.9 Å². The number of quaternary nitrogens is 1. The van der Waals surface area contributed by atoms with E-state index in [9.17, 15) is 19.5 Å². The number of carboxylic acids is 1. The highest BCUT2D eigenvalue weighted by Crippen LogP contribution is 2.19. The van der Waals surface area contributed by atoms with Gasteiger partial charge in [0.25, 0.3) is 0 Å². The number of ether oxygens (including phenoxy) is 4. The summed E-state index contributed by atoms with van der Waals surface area (Å²) in [4.78, 5) is 37.6.